The van der Waals surface area contributed by atoms with Crippen LogP contribution in [0.3, 0.4) is 0 Å². The van der Waals surface area contributed by atoms with E-state index in [-0.39, 0.29) is 24.1 Å². The Morgan fingerprint density at radius 2 is 1.76 bits per heavy atom. The van der Waals surface area contributed by atoms with Crippen molar-refractivity contribution in [1.82, 2.24) is 15.2 Å². The monoisotopic (exact) mass is 414 g/mol. The number of thiazole rings is 1. The number of nitrogens with one attached hydrogen (secondary N) is 2. The molecule has 0 spiro atoms. The van der Waals surface area contributed by atoms with Gasteiger partial charge < -0.3 is 10.2 Å². The average Bonchev–Trinajstić information content (AvgIpc) is 2.98. The molecule has 0 radical (unpaired) electrons. The van der Waals surface area contributed by atoms with Gasteiger partial charge in [-0.15, -0.1) is 11.3 Å². The predicted octanol–water partition coefficient (Wildman–Crippen LogP) is 2.85. The van der Waals surface area contributed by atoms with Gasteiger partial charge >= 0.3 is 0 Å². The molecule has 0 aliphatic carbocycles. The van der Waals surface area contributed by atoms with E-state index in [1.807, 2.05) is 11.0 Å². The lowest BCUT2D eigenvalue weighted by molar-refractivity contribution is -0.131. The second-order valence-corrected chi connectivity index (χ2v) is 7.89. The molecule has 2 N–H and O–H groups in total. The molecule has 0 bridgehead atoms. The van der Waals surface area contributed by atoms with Crippen molar-refractivity contribution in [2.45, 2.75) is 38.5 Å². The lowest BCUT2D eigenvalue weighted by atomic mass is 10.2. The topological polar surface area (TPSA) is 91.4 Å². The van der Waals surface area contributed by atoms with Crippen molar-refractivity contribution in [3.05, 3.63) is 47.0 Å². The first-order chi connectivity index (χ1) is 14.1. The molecule has 0 atom stereocenters. The Balaban J connectivity index is 1.39. The molecule has 154 valence electrons. The molecule has 7 nitrogen and oxygen atoms in total. The summed E-state index contributed by atoms with van der Waals surface area (Å²) in [5.74, 6) is -0.311. The molecule has 1 fully saturated rings. The first-order valence-corrected chi connectivity index (χ1v) is 10.8. The van der Waals surface area contributed by atoms with Crippen LogP contribution < -0.4 is 10.6 Å². The minimum atomic E-state index is -0.233. The van der Waals surface area contributed by atoms with Crippen LogP contribution in [0.2, 0.25) is 0 Å². The van der Waals surface area contributed by atoms with E-state index in [2.05, 4.69) is 15.6 Å². The molecule has 0 unspecified atom stereocenters. The van der Waals surface area contributed by atoms with Crippen LogP contribution in [0, 0.1) is 0 Å². The summed E-state index contributed by atoms with van der Waals surface area (Å²) in [6.07, 6.45) is 4.93. The highest BCUT2D eigenvalue weighted by molar-refractivity contribution is 7.14. The second-order valence-electron chi connectivity index (χ2n) is 7.04. The summed E-state index contributed by atoms with van der Waals surface area (Å²) >= 11 is 1.28. The highest BCUT2D eigenvalue weighted by Gasteiger charge is 2.16. The smallest absolute Gasteiger partial charge is 0.257 e. The van der Waals surface area contributed by atoms with Gasteiger partial charge in [0.1, 0.15) is 0 Å². The maximum atomic E-state index is 12.2. The second kappa shape index (κ2) is 10.7. The summed E-state index contributed by atoms with van der Waals surface area (Å²) in [5, 5.41) is 7.73. The van der Waals surface area contributed by atoms with Crippen molar-refractivity contribution in [2.24, 2.45) is 0 Å². The molecule has 0 saturated carbocycles. The number of benzene rings is 1. The predicted molar refractivity (Wildman–Crippen MR) is 113 cm³/mol. The van der Waals surface area contributed by atoms with Crippen LogP contribution in [-0.2, 0) is 16.0 Å². The lowest BCUT2D eigenvalue weighted by Crippen LogP contribution is -2.35. The van der Waals surface area contributed by atoms with Crippen LogP contribution in [0.15, 0.2) is 35.7 Å². The first-order valence-electron chi connectivity index (χ1n) is 9.97. The van der Waals surface area contributed by atoms with Crippen LogP contribution in [0.5, 0.6) is 0 Å². The fourth-order valence-corrected chi connectivity index (χ4v) is 3.92. The van der Waals surface area contributed by atoms with Gasteiger partial charge in [-0.2, -0.15) is 0 Å². The highest BCUT2D eigenvalue weighted by Crippen LogP contribution is 2.17. The van der Waals surface area contributed by atoms with Gasteiger partial charge in [0.2, 0.25) is 11.8 Å². The fourth-order valence-electron chi connectivity index (χ4n) is 3.22. The summed E-state index contributed by atoms with van der Waals surface area (Å²) in [7, 11) is 0. The van der Waals surface area contributed by atoms with Crippen LogP contribution in [-0.4, -0.2) is 47.2 Å². The fraction of sp³-hybridized carbons (Fsp3) is 0.429. The van der Waals surface area contributed by atoms with Crippen molar-refractivity contribution in [1.29, 1.82) is 0 Å². The van der Waals surface area contributed by atoms with Crippen molar-refractivity contribution >= 4 is 34.2 Å². The van der Waals surface area contributed by atoms with Crippen LogP contribution >= 0.6 is 11.3 Å². The summed E-state index contributed by atoms with van der Waals surface area (Å²) in [6, 6.07) is 8.89. The maximum Gasteiger partial charge on any atom is 0.257 e. The molecule has 1 aromatic heterocycles. The molecule has 1 aliphatic heterocycles. The number of likely N-dealkylation sites (tertiary alicyclic amines) is 1. The van der Waals surface area contributed by atoms with Gasteiger partial charge in [-0.1, -0.05) is 31.0 Å². The van der Waals surface area contributed by atoms with E-state index in [0.717, 1.165) is 25.9 Å². The number of carbonyl (C=O) groups excluding carboxylic acids is 3. The summed E-state index contributed by atoms with van der Waals surface area (Å²) in [4.78, 5) is 42.7. The lowest BCUT2D eigenvalue weighted by Gasteiger charge is -2.20. The van der Waals surface area contributed by atoms with E-state index < -0.39 is 0 Å². The normalized spacial score (nSPS) is 14.1. The Morgan fingerprint density at radius 1 is 1.03 bits per heavy atom. The van der Waals surface area contributed by atoms with Crippen LogP contribution in [0.1, 0.15) is 48.2 Å². The van der Waals surface area contributed by atoms with Crippen molar-refractivity contribution < 1.29 is 14.4 Å². The molecule has 2 aromatic rings. The summed E-state index contributed by atoms with van der Waals surface area (Å²) in [5.41, 5.74) is 1.14. The van der Waals surface area contributed by atoms with Gasteiger partial charge in [-0.25, -0.2) is 4.98 Å². The number of anilines is 1. The largest absolute Gasteiger partial charge is 0.355 e. The third-order valence-electron chi connectivity index (χ3n) is 4.77. The van der Waals surface area contributed by atoms with E-state index in [0.29, 0.717) is 29.4 Å². The average molecular weight is 415 g/mol. The van der Waals surface area contributed by atoms with Gasteiger partial charge in [0, 0.05) is 37.0 Å². The summed E-state index contributed by atoms with van der Waals surface area (Å²) < 4.78 is 0. The Labute approximate surface area is 174 Å². The SMILES string of the molecule is O=C(Cc1csc(NC(=O)c2ccccc2)n1)NCCC(=O)N1CCCCCC1. The number of aromatic nitrogens is 1. The van der Waals surface area contributed by atoms with E-state index in [1.165, 1.54) is 24.2 Å². The minimum absolute atomic E-state index is 0.103. The molecule has 1 aliphatic rings. The van der Waals surface area contributed by atoms with Gasteiger partial charge in [0.15, 0.2) is 5.13 Å². The van der Waals surface area contributed by atoms with E-state index in [9.17, 15) is 14.4 Å². The Morgan fingerprint density at radius 3 is 2.48 bits per heavy atom. The number of rotatable bonds is 7. The number of nitrogens with zero attached hydrogens (tertiary/aromatic N) is 2. The van der Waals surface area contributed by atoms with Crippen molar-refractivity contribution in [3.8, 4) is 0 Å². The highest BCUT2D eigenvalue weighted by atomic mass is 32.1. The van der Waals surface area contributed by atoms with Gasteiger partial charge in [-0.05, 0) is 25.0 Å². The number of hydrogen-bond donors (Lipinski definition) is 2. The van der Waals surface area contributed by atoms with E-state index in [4.69, 9.17) is 0 Å². The molecule has 3 amide bonds. The maximum absolute atomic E-state index is 12.2. The number of hydrogen-bond acceptors (Lipinski definition) is 5. The summed E-state index contributed by atoms with van der Waals surface area (Å²) in [6.45, 7) is 1.97. The molecule has 1 aromatic carbocycles. The molecule has 8 heteroatoms. The molecule has 2 heterocycles. The molecular weight excluding hydrogens is 388 g/mol. The van der Waals surface area contributed by atoms with Crippen molar-refractivity contribution in [3.63, 3.8) is 0 Å². The zero-order chi connectivity index (χ0) is 20.5. The van der Waals surface area contributed by atoms with Crippen LogP contribution in [0.4, 0.5) is 5.13 Å². The Kier molecular flexibility index (Phi) is 7.75. The number of amides is 3. The van der Waals surface area contributed by atoms with Crippen molar-refractivity contribution in [2.75, 3.05) is 25.0 Å². The standard InChI is InChI=1S/C21H26N4O3S/c26-18(22-11-10-19(27)25-12-6-1-2-7-13-25)14-17-15-29-21(23-17)24-20(28)16-8-4-3-5-9-16/h3-5,8-9,15H,1-2,6-7,10-14H2,(H,22,26)(H,23,24,28). The van der Waals surface area contributed by atoms with Gasteiger partial charge in [0.05, 0.1) is 12.1 Å². The molecule has 3 rings (SSSR count). The quantitative estimate of drug-likeness (QED) is 0.729. The third kappa shape index (κ3) is 6.67. The molecule has 1 saturated heterocycles. The van der Waals surface area contributed by atoms with E-state index in [1.54, 1.807) is 29.6 Å². The van der Waals surface area contributed by atoms with Crippen LogP contribution in [0.25, 0.3) is 0 Å². The molecular formula is C21H26N4O3S. The third-order valence-corrected chi connectivity index (χ3v) is 5.58. The first kappa shape index (κ1) is 21.0. The zero-order valence-corrected chi connectivity index (χ0v) is 17.2. The Hall–Kier alpha value is -2.74. The number of carbonyl (C=O) groups is 3. The van der Waals surface area contributed by atoms with Gasteiger partial charge in [-0.3, -0.25) is 19.7 Å². The van der Waals surface area contributed by atoms with Gasteiger partial charge in [0.25, 0.3) is 5.91 Å². The zero-order valence-electron chi connectivity index (χ0n) is 16.4. The Bertz CT molecular complexity index is 829. The molecule has 29 heavy (non-hydrogen) atoms. The minimum Gasteiger partial charge on any atom is -0.355 e. The van der Waals surface area contributed by atoms with E-state index >= 15 is 0 Å².